The molecule has 0 spiro atoms. The van der Waals surface area contributed by atoms with Crippen LogP contribution in [0.2, 0.25) is 0 Å². The van der Waals surface area contributed by atoms with Crippen molar-refractivity contribution in [2.75, 3.05) is 39.8 Å². The van der Waals surface area contributed by atoms with E-state index in [1.165, 1.54) is 16.7 Å². The molecule has 4 saturated heterocycles. The molecule has 0 radical (unpaired) electrons. The first kappa shape index (κ1) is 26.5. The molecule has 5 N–H and O–H groups in total. The van der Waals surface area contributed by atoms with Gasteiger partial charge in [-0.25, -0.2) is 4.79 Å². The number of piperidine rings is 1. The maximum atomic E-state index is 13.4. The van der Waals surface area contributed by atoms with E-state index in [9.17, 15) is 24.3 Å². The summed E-state index contributed by atoms with van der Waals surface area (Å²) in [5.74, 6) is -1.50. The highest BCUT2D eigenvalue weighted by molar-refractivity contribution is 8.03. The first-order valence-electron chi connectivity index (χ1n) is 13.4. The first-order chi connectivity index (χ1) is 17.7. The van der Waals surface area contributed by atoms with Gasteiger partial charge in [-0.1, -0.05) is 6.92 Å². The van der Waals surface area contributed by atoms with Crippen molar-refractivity contribution in [2.24, 2.45) is 17.8 Å². The topological polar surface area (TPSA) is 143 Å². The Labute approximate surface area is 221 Å². The lowest BCUT2D eigenvalue weighted by Crippen LogP contribution is -2.66. The van der Waals surface area contributed by atoms with Crippen LogP contribution >= 0.6 is 11.8 Å². The molecule has 12 heteroatoms. The number of carboxylic acid groups (broad SMARTS) is 1. The van der Waals surface area contributed by atoms with Crippen LogP contribution in [-0.2, 0) is 19.2 Å². The lowest BCUT2D eigenvalue weighted by atomic mass is 9.78. The molecule has 0 aliphatic carbocycles. The number of nitrogens with zero attached hydrogens (tertiary/aromatic N) is 2. The number of carbonyl (C=O) groups excluding carboxylic acids is 3. The molecule has 0 aromatic carbocycles. The molecule has 204 valence electrons. The minimum Gasteiger partial charge on any atom is -0.477 e. The van der Waals surface area contributed by atoms with Crippen molar-refractivity contribution in [1.82, 2.24) is 31.1 Å². The summed E-state index contributed by atoms with van der Waals surface area (Å²) in [6.45, 7) is 7.26. The number of amides is 3. The summed E-state index contributed by atoms with van der Waals surface area (Å²) in [6, 6.07) is -0.629. The highest BCUT2D eigenvalue weighted by Crippen LogP contribution is 2.52. The van der Waals surface area contributed by atoms with Crippen LogP contribution in [0.25, 0.3) is 0 Å². The smallest absolute Gasteiger partial charge is 0.353 e. The van der Waals surface area contributed by atoms with E-state index in [1.807, 2.05) is 6.92 Å². The average molecular weight is 535 g/mol. The fraction of sp³-hybridized carbons (Fsp3) is 0.760. The molecule has 5 aliphatic rings. The summed E-state index contributed by atoms with van der Waals surface area (Å²) in [6.07, 6.45) is 2.67. The van der Waals surface area contributed by atoms with E-state index in [4.69, 9.17) is 0 Å². The van der Waals surface area contributed by atoms with Gasteiger partial charge >= 0.3 is 5.97 Å². The Morgan fingerprint density at radius 1 is 1.24 bits per heavy atom. The van der Waals surface area contributed by atoms with Crippen molar-refractivity contribution in [2.45, 2.75) is 62.5 Å². The molecule has 5 heterocycles. The lowest BCUT2D eigenvalue weighted by molar-refractivity contribution is -0.158. The van der Waals surface area contributed by atoms with E-state index in [1.54, 1.807) is 14.0 Å². The summed E-state index contributed by atoms with van der Waals surface area (Å²) < 4.78 is 0. The fourth-order valence-electron chi connectivity index (χ4n) is 6.97. The van der Waals surface area contributed by atoms with Gasteiger partial charge in [0.25, 0.3) is 0 Å². The number of rotatable bonds is 8. The van der Waals surface area contributed by atoms with Gasteiger partial charge in [-0.2, -0.15) is 0 Å². The summed E-state index contributed by atoms with van der Waals surface area (Å²) in [5, 5.41) is 22.5. The Balaban J connectivity index is 1.24. The van der Waals surface area contributed by atoms with Crippen molar-refractivity contribution in [1.29, 1.82) is 0 Å². The van der Waals surface area contributed by atoms with Crippen molar-refractivity contribution in [3.05, 3.63) is 10.6 Å². The number of thioether (sulfide) groups is 1. The molecule has 2 unspecified atom stereocenters. The van der Waals surface area contributed by atoms with Gasteiger partial charge in [-0.15, -0.1) is 11.8 Å². The summed E-state index contributed by atoms with van der Waals surface area (Å²) >= 11 is 1.50. The molecule has 8 atom stereocenters. The monoisotopic (exact) mass is 534 g/mol. The minimum absolute atomic E-state index is 0.0483. The molecular weight excluding hydrogens is 496 g/mol. The van der Waals surface area contributed by atoms with E-state index in [0.29, 0.717) is 29.8 Å². The second-order valence-corrected chi connectivity index (χ2v) is 12.3. The van der Waals surface area contributed by atoms with Crippen LogP contribution in [0.3, 0.4) is 0 Å². The number of hydrogen-bond acceptors (Lipinski definition) is 8. The number of aliphatic carboxylic acids is 1. The van der Waals surface area contributed by atoms with Crippen LogP contribution in [-0.4, -0.2) is 108 Å². The molecule has 0 bridgehead atoms. The first-order valence-corrected chi connectivity index (χ1v) is 14.3. The number of carboxylic acids is 1. The summed E-state index contributed by atoms with van der Waals surface area (Å²) in [5.41, 5.74) is 0.0596. The number of likely N-dealkylation sites (tertiary alicyclic amines) is 1. The zero-order valence-electron chi connectivity index (χ0n) is 21.7. The van der Waals surface area contributed by atoms with Gasteiger partial charge in [0.2, 0.25) is 17.7 Å². The van der Waals surface area contributed by atoms with E-state index in [0.717, 1.165) is 32.5 Å². The van der Waals surface area contributed by atoms with Crippen LogP contribution in [0, 0.1) is 17.8 Å². The van der Waals surface area contributed by atoms with E-state index < -0.39 is 17.9 Å². The summed E-state index contributed by atoms with van der Waals surface area (Å²) in [7, 11) is 1.68. The number of hydrogen-bond donors (Lipinski definition) is 5. The average Bonchev–Trinajstić information content (AvgIpc) is 3.55. The van der Waals surface area contributed by atoms with Gasteiger partial charge in [0, 0.05) is 41.2 Å². The summed E-state index contributed by atoms with van der Waals surface area (Å²) in [4.78, 5) is 54.9. The van der Waals surface area contributed by atoms with Crippen LogP contribution in [0.4, 0.5) is 0 Å². The van der Waals surface area contributed by atoms with Crippen molar-refractivity contribution in [3.63, 3.8) is 0 Å². The molecule has 0 saturated carbocycles. The maximum absolute atomic E-state index is 13.4. The molecule has 4 fully saturated rings. The van der Waals surface area contributed by atoms with Crippen molar-refractivity contribution < 1.29 is 24.3 Å². The number of β-lactam (4-membered cyclic amide) rings is 1. The molecule has 5 aliphatic heterocycles. The second-order valence-electron chi connectivity index (χ2n) is 11.0. The predicted octanol–water partition coefficient (Wildman–Crippen LogP) is -0.842. The third-order valence-electron chi connectivity index (χ3n) is 8.73. The van der Waals surface area contributed by atoms with Gasteiger partial charge in [0.05, 0.1) is 24.5 Å². The zero-order valence-corrected chi connectivity index (χ0v) is 22.5. The van der Waals surface area contributed by atoms with E-state index in [2.05, 4.69) is 26.2 Å². The molecule has 37 heavy (non-hydrogen) atoms. The zero-order chi connectivity index (χ0) is 26.4. The maximum Gasteiger partial charge on any atom is 0.353 e. The largest absolute Gasteiger partial charge is 0.477 e. The lowest BCUT2D eigenvalue weighted by Gasteiger charge is -2.47. The standard InChI is InChI=1S/C25H38N6O5S/c1-12-20-19(13(2)29-18(32)11-26-3)24(34)31(20)21(25(35)36)22(12)37-15-8-16(28-10-15)23(33)30-7-5-14-9-27-6-4-17(14)30/h12-17,19-20,26-28H,4-11H2,1-3H3,(H,29,32)(H,35,36)/t12-,13-,14?,15+,16+,17?,19-,20-/m1/s1. The molecule has 11 nitrogen and oxygen atoms in total. The SMILES string of the molecule is CNCC(=O)N[C@H](C)[C@H]1C(=O)N2C(C(=O)O)=C(S[C@@H]3CN[C@H](C(=O)N4CCC5CNCCC54)C3)[C@H](C)[C@H]12. The fourth-order valence-corrected chi connectivity index (χ4v) is 8.45. The van der Waals surface area contributed by atoms with Crippen LogP contribution in [0.1, 0.15) is 33.1 Å². The number of carbonyl (C=O) groups is 4. The Bertz CT molecular complexity index is 1010. The highest BCUT2D eigenvalue weighted by Gasteiger charge is 2.60. The normalized spacial score (nSPS) is 35.8. The van der Waals surface area contributed by atoms with Crippen molar-refractivity contribution in [3.8, 4) is 0 Å². The van der Waals surface area contributed by atoms with Gasteiger partial charge in [0.15, 0.2) is 0 Å². The van der Waals surface area contributed by atoms with Crippen molar-refractivity contribution >= 4 is 35.5 Å². The Kier molecular flexibility index (Phi) is 7.54. The molecule has 3 amide bonds. The van der Waals surface area contributed by atoms with Gasteiger partial charge in [-0.3, -0.25) is 14.4 Å². The highest BCUT2D eigenvalue weighted by atomic mass is 32.2. The number of fused-ring (bicyclic) bond motifs is 2. The Morgan fingerprint density at radius 2 is 2.03 bits per heavy atom. The number of likely N-dealkylation sites (N-methyl/N-ethyl adjacent to an activating group) is 1. The predicted molar refractivity (Wildman–Crippen MR) is 138 cm³/mol. The Hall–Kier alpha value is -2.15. The van der Waals surface area contributed by atoms with Gasteiger partial charge in [0.1, 0.15) is 5.70 Å². The van der Waals surface area contributed by atoms with Gasteiger partial charge in [-0.05, 0) is 52.2 Å². The number of nitrogens with one attached hydrogen (secondary N) is 4. The molecule has 0 aromatic rings. The third kappa shape index (κ3) is 4.66. The van der Waals surface area contributed by atoms with Crippen LogP contribution in [0.15, 0.2) is 10.6 Å². The van der Waals surface area contributed by atoms with E-state index >= 15 is 0 Å². The van der Waals surface area contributed by atoms with Crippen LogP contribution < -0.4 is 21.3 Å². The van der Waals surface area contributed by atoms with Gasteiger partial charge < -0.3 is 36.2 Å². The second kappa shape index (κ2) is 10.5. The minimum atomic E-state index is -1.11. The Morgan fingerprint density at radius 3 is 2.76 bits per heavy atom. The molecular formula is C25H38N6O5S. The molecule has 0 aromatic heterocycles. The quantitative estimate of drug-likeness (QED) is 0.252. The van der Waals surface area contributed by atoms with E-state index in [-0.39, 0.29) is 53.2 Å². The third-order valence-corrected chi connectivity index (χ3v) is 10.2. The molecule has 5 rings (SSSR count). The van der Waals surface area contributed by atoms with Crippen LogP contribution in [0.5, 0.6) is 0 Å².